The van der Waals surface area contributed by atoms with Crippen LogP contribution in [0.15, 0.2) is 29.4 Å². The second-order valence-corrected chi connectivity index (χ2v) is 5.85. The third-order valence-electron chi connectivity index (χ3n) is 2.71. The number of benzene rings is 1. The molecule has 0 aliphatic carbocycles. The average molecular weight is 339 g/mol. The summed E-state index contributed by atoms with van der Waals surface area (Å²) < 4.78 is 0. The van der Waals surface area contributed by atoms with Gasteiger partial charge in [-0.1, -0.05) is 35.5 Å². The highest BCUT2D eigenvalue weighted by atomic mass is 35.5. The van der Waals surface area contributed by atoms with Gasteiger partial charge in [-0.3, -0.25) is 4.79 Å². The Hall–Kier alpha value is -2.06. The summed E-state index contributed by atoms with van der Waals surface area (Å²) in [7, 11) is 0. The van der Waals surface area contributed by atoms with Gasteiger partial charge in [0, 0.05) is 5.02 Å². The van der Waals surface area contributed by atoms with Crippen LogP contribution in [0.2, 0.25) is 5.02 Å². The van der Waals surface area contributed by atoms with Crippen molar-refractivity contribution in [1.29, 1.82) is 0 Å². The number of nitrogens with zero attached hydrogens (tertiary/aromatic N) is 3. The Balaban J connectivity index is 1.90. The number of carbonyl (C=O) groups is 1. The lowest BCUT2D eigenvalue weighted by Gasteiger charge is -2.14. The molecule has 0 bridgehead atoms. The van der Waals surface area contributed by atoms with Gasteiger partial charge in [-0.15, -0.1) is 0 Å². The van der Waals surface area contributed by atoms with E-state index in [1.165, 1.54) is 0 Å². The maximum Gasteiger partial charge on any atom is 0.230 e. The number of rotatable bonds is 5. The fourth-order valence-electron chi connectivity index (χ4n) is 1.73. The summed E-state index contributed by atoms with van der Waals surface area (Å²) in [6.45, 7) is 1.88. The molecule has 0 radical (unpaired) electrons. The second kappa shape index (κ2) is 7.28. The topological polar surface area (TPSA) is 120 Å². The molecule has 1 aromatic heterocycles. The Labute approximate surface area is 136 Å². The fraction of sp³-hybridized carbons (Fsp3) is 0.231. The highest BCUT2D eigenvalue weighted by molar-refractivity contribution is 7.99. The van der Waals surface area contributed by atoms with E-state index in [0.29, 0.717) is 10.2 Å². The maximum absolute atomic E-state index is 12.0. The molecule has 0 aliphatic heterocycles. The zero-order valence-corrected chi connectivity index (χ0v) is 13.4. The SMILES string of the molecule is C[C@@H](NC(=O)CSc1nc(N)nc(N)n1)c1cccc(Cl)c1. The molecule has 5 N–H and O–H groups in total. The Kier molecular flexibility index (Phi) is 5.40. The lowest BCUT2D eigenvalue weighted by molar-refractivity contribution is -0.119. The minimum absolute atomic E-state index is 0.0303. The van der Waals surface area contributed by atoms with Gasteiger partial charge >= 0.3 is 0 Å². The number of anilines is 2. The molecule has 1 atom stereocenters. The number of amides is 1. The molecule has 22 heavy (non-hydrogen) atoms. The zero-order valence-electron chi connectivity index (χ0n) is 11.8. The van der Waals surface area contributed by atoms with Crippen molar-refractivity contribution in [3.63, 3.8) is 0 Å². The zero-order chi connectivity index (χ0) is 16.1. The third kappa shape index (κ3) is 4.74. The molecule has 0 fully saturated rings. The quantitative estimate of drug-likeness (QED) is 0.709. The Bertz CT molecular complexity index is 663. The molecule has 0 saturated carbocycles. The van der Waals surface area contributed by atoms with Crippen LogP contribution in [0, 0.1) is 0 Å². The van der Waals surface area contributed by atoms with Crippen molar-refractivity contribution in [2.24, 2.45) is 0 Å². The normalized spacial score (nSPS) is 11.9. The Morgan fingerprint density at radius 1 is 1.32 bits per heavy atom. The molecule has 0 saturated heterocycles. The van der Waals surface area contributed by atoms with Gasteiger partial charge < -0.3 is 16.8 Å². The summed E-state index contributed by atoms with van der Waals surface area (Å²) in [6, 6.07) is 7.18. The minimum atomic E-state index is -0.157. The summed E-state index contributed by atoms with van der Waals surface area (Å²) in [4.78, 5) is 23.4. The number of nitrogens with two attached hydrogens (primary N) is 2. The van der Waals surface area contributed by atoms with Crippen molar-refractivity contribution >= 4 is 41.2 Å². The molecule has 1 amide bonds. The molecule has 0 spiro atoms. The number of thioether (sulfide) groups is 1. The Morgan fingerprint density at radius 2 is 2.00 bits per heavy atom. The van der Waals surface area contributed by atoms with Crippen molar-refractivity contribution in [1.82, 2.24) is 20.3 Å². The van der Waals surface area contributed by atoms with Crippen LogP contribution < -0.4 is 16.8 Å². The first-order valence-electron chi connectivity index (χ1n) is 6.38. The molecule has 9 heteroatoms. The molecule has 0 aliphatic rings. The van der Waals surface area contributed by atoms with Gasteiger partial charge in [0.05, 0.1) is 11.8 Å². The van der Waals surface area contributed by atoms with Gasteiger partial charge in [0.25, 0.3) is 0 Å². The summed E-state index contributed by atoms with van der Waals surface area (Å²) in [5, 5.41) is 3.81. The number of carbonyl (C=O) groups excluding carboxylic acids is 1. The highest BCUT2D eigenvalue weighted by Crippen LogP contribution is 2.18. The van der Waals surface area contributed by atoms with Crippen molar-refractivity contribution in [2.45, 2.75) is 18.1 Å². The number of halogens is 1. The fourth-order valence-corrected chi connectivity index (χ4v) is 2.58. The predicted octanol–water partition coefficient (Wildman–Crippen LogP) is 1.66. The van der Waals surface area contributed by atoms with E-state index < -0.39 is 0 Å². The van der Waals surface area contributed by atoms with Crippen LogP contribution in [0.5, 0.6) is 0 Å². The number of hydrogen-bond acceptors (Lipinski definition) is 7. The van der Waals surface area contributed by atoms with E-state index in [0.717, 1.165) is 17.3 Å². The summed E-state index contributed by atoms with van der Waals surface area (Å²) >= 11 is 7.07. The van der Waals surface area contributed by atoms with Crippen LogP contribution >= 0.6 is 23.4 Å². The second-order valence-electron chi connectivity index (χ2n) is 4.47. The average Bonchev–Trinajstić information content (AvgIpc) is 2.44. The number of aromatic nitrogens is 3. The van der Waals surface area contributed by atoms with E-state index in [9.17, 15) is 4.79 Å². The van der Waals surface area contributed by atoms with Crippen LogP contribution in [0.25, 0.3) is 0 Å². The monoisotopic (exact) mass is 338 g/mol. The molecular formula is C13H15ClN6OS. The lowest BCUT2D eigenvalue weighted by atomic mass is 10.1. The van der Waals surface area contributed by atoms with Crippen LogP contribution in [0.3, 0.4) is 0 Å². The van der Waals surface area contributed by atoms with Gasteiger partial charge in [-0.25, -0.2) is 0 Å². The van der Waals surface area contributed by atoms with Crippen LogP contribution in [0.4, 0.5) is 11.9 Å². The summed E-state index contributed by atoms with van der Waals surface area (Å²) in [5.41, 5.74) is 11.9. The molecule has 2 rings (SSSR count). The first-order valence-corrected chi connectivity index (χ1v) is 7.75. The molecule has 1 heterocycles. The maximum atomic E-state index is 12.0. The minimum Gasteiger partial charge on any atom is -0.368 e. The first kappa shape index (κ1) is 16.3. The highest BCUT2D eigenvalue weighted by Gasteiger charge is 2.11. The van der Waals surface area contributed by atoms with E-state index in [1.807, 2.05) is 25.1 Å². The van der Waals surface area contributed by atoms with Gasteiger partial charge in [-0.05, 0) is 24.6 Å². The van der Waals surface area contributed by atoms with E-state index in [-0.39, 0.29) is 29.6 Å². The van der Waals surface area contributed by atoms with Crippen LogP contribution in [0.1, 0.15) is 18.5 Å². The van der Waals surface area contributed by atoms with Gasteiger partial charge in [0.1, 0.15) is 0 Å². The van der Waals surface area contributed by atoms with Crippen LogP contribution in [-0.2, 0) is 4.79 Å². The van der Waals surface area contributed by atoms with Crippen molar-refractivity contribution in [3.05, 3.63) is 34.9 Å². The van der Waals surface area contributed by atoms with E-state index in [2.05, 4.69) is 20.3 Å². The van der Waals surface area contributed by atoms with Crippen molar-refractivity contribution in [2.75, 3.05) is 17.2 Å². The number of hydrogen-bond donors (Lipinski definition) is 3. The van der Waals surface area contributed by atoms with Crippen molar-refractivity contribution < 1.29 is 4.79 Å². The standard InChI is InChI=1S/C13H15ClN6OS/c1-7(8-3-2-4-9(14)5-8)17-10(21)6-22-13-19-11(15)18-12(16)20-13/h2-5,7H,6H2,1H3,(H,17,21)(H4,15,16,18,19,20)/t7-/m1/s1. The van der Waals surface area contributed by atoms with Gasteiger partial charge in [0.2, 0.25) is 17.8 Å². The van der Waals surface area contributed by atoms with E-state index >= 15 is 0 Å². The molecular weight excluding hydrogens is 324 g/mol. The third-order valence-corrected chi connectivity index (χ3v) is 3.79. The first-order chi connectivity index (χ1) is 10.4. The van der Waals surface area contributed by atoms with E-state index in [4.69, 9.17) is 23.1 Å². The molecule has 7 nitrogen and oxygen atoms in total. The van der Waals surface area contributed by atoms with Crippen LogP contribution in [-0.4, -0.2) is 26.6 Å². The smallest absolute Gasteiger partial charge is 0.230 e. The Morgan fingerprint density at radius 3 is 2.64 bits per heavy atom. The number of nitrogens with one attached hydrogen (secondary N) is 1. The molecule has 116 valence electrons. The lowest BCUT2D eigenvalue weighted by Crippen LogP contribution is -2.28. The van der Waals surface area contributed by atoms with Crippen molar-refractivity contribution in [3.8, 4) is 0 Å². The predicted molar refractivity (Wildman–Crippen MR) is 87.4 cm³/mol. The van der Waals surface area contributed by atoms with Gasteiger partial charge in [-0.2, -0.15) is 15.0 Å². The van der Waals surface area contributed by atoms with E-state index in [1.54, 1.807) is 6.07 Å². The molecule has 0 unspecified atom stereocenters. The summed E-state index contributed by atoms with van der Waals surface area (Å²) in [5.74, 6) is 0.0498. The summed E-state index contributed by atoms with van der Waals surface area (Å²) in [6.07, 6.45) is 0. The largest absolute Gasteiger partial charge is 0.368 e. The molecule has 2 aromatic rings. The molecule has 1 aromatic carbocycles. The number of nitrogen functional groups attached to an aromatic ring is 2. The van der Waals surface area contributed by atoms with Gasteiger partial charge in [0.15, 0.2) is 5.16 Å².